The number of ether oxygens (including phenoxy) is 3. The van der Waals surface area contributed by atoms with Gasteiger partial charge in [-0.15, -0.1) is 0 Å². The smallest absolute Gasteiger partial charge is 0.547 e. The number of benzene rings is 4. The first kappa shape index (κ1) is 28.9. The number of hydrogen-bond donors (Lipinski definition) is 0. The van der Waals surface area contributed by atoms with Crippen molar-refractivity contribution in [2.45, 2.75) is 51.1 Å². The molecule has 0 aliphatic carbocycles. The minimum Gasteiger partial charge on any atom is -0.547 e. The maximum atomic E-state index is 11.7. The van der Waals surface area contributed by atoms with Gasteiger partial charge in [0, 0.05) is 12.8 Å². The van der Waals surface area contributed by atoms with Gasteiger partial charge >= 0.3 is 29.6 Å². The van der Waals surface area contributed by atoms with E-state index in [1.54, 1.807) is 0 Å². The van der Waals surface area contributed by atoms with Crippen molar-refractivity contribution >= 4 is 5.97 Å². The quantitative estimate of drug-likeness (QED) is 0.278. The zero-order chi connectivity index (χ0) is 26.2. The summed E-state index contributed by atoms with van der Waals surface area (Å²) in [6.07, 6.45) is 1.94. The minimum absolute atomic E-state index is 0. The Labute approximate surface area is 252 Å². The van der Waals surface area contributed by atoms with Crippen LogP contribution in [-0.2, 0) is 42.0 Å². The van der Waals surface area contributed by atoms with Crippen LogP contribution in [0, 0.1) is 0 Å². The molecule has 4 aromatic rings. The molecule has 0 fully saturated rings. The molecule has 0 radical (unpaired) electrons. The molecule has 4 aromatic carbocycles. The van der Waals surface area contributed by atoms with Crippen LogP contribution in [0.15, 0.2) is 103 Å². The van der Waals surface area contributed by atoms with Crippen molar-refractivity contribution < 1.29 is 53.7 Å². The molecule has 2 atom stereocenters. The third kappa shape index (κ3) is 8.45. The van der Waals surface area contributed by atoms with Crippen LogP contribution < -0.4 is 44.1 Å². The number of carboxylic acids is 1. The standard InChI is InChI=1S/C33H32O5.Na/c34-33(35)32(37-23-26-9-5-2-6-10-26)21-27-13-18-31-28(19-27)14-17-30(38-31)20-24-11-15-29(16-12-24)36-22-25-7-3-1-4-8-25;/h1-13,15-16,18-19,30,32H,14,17,20-23H2,(H,34,35);/q;+1/p-1. The Kier molecular flexibility index (Phi) is 10.6. The molecule has 6 heteroatoms. The molecule has 1 heterocycles. The van der Waals surface area contributed by atoms with Crippen molar-refractivity contribution in [3.05, 3.63) is 131 Å². The summed E-state index contributed by atoms with van der Waals surface area (Å²) < 4.78 is 17.9. The summed E-state index contributed by atoms with van der Waals surface area (Å²) in [6, 6.07) is 33.8. The van der Waals surface area contributed by atoms with Crippen LogP contribution in [0.25, 0.3) is 0 Å². The monoisotopic (exact) mass is 530 g/mol. The maximum Gasteiger partial charge on any atom is 1.00 e. The second-order valence-corrected chi connectivity index (χ2v) is 9.65. The van der Waals surface area contributed by atoms with Crippen LogP contribution in [0.3, 0.4) is 0 Å². The van der Waals surface area contributed by atoms with Gasteiger partial charge in [0.2, 0.25) is 0 Å². The van der Waals surface area contributed by atoms with Crippen LogP contribution in [-0.4, -0.2) is 18.2 Å². The summed E-state index contributed by atoms with van der Waals surface area (Å²) in [5.41, 5.74) is 5.28. The molecule has 0 spiro atoms. The number of carboxylic acid groups (broad SMARTS) is 1. The van der Waals surface area contributed by atoms with E-state index in [2.05, 4.69) is 24.3 Å². The molecule has 5 nitrogen and oxygen atoms in total. The zero-order valence-electron chi connectivity index (χ0n) is 22.3. The van der Waals surface area contributed by atoms with Gasteiger partial charge in [-0.25, -0.2) is 0 Å². The molecule has 5 rings (SSSR count). The number of hydrogen-bond acceptors (Lipinski definition) is 5. The van der Waals surface area contributed by atoms with Gasteiger partial charge in [0.15, 0.2) is 0 Å². The van der Waals surface area contributed by atoms with E-state index in [0.717, 1.165) is 53.0 Å². The second-order valence-electron chi connectivity index (χ2n) is 9.65. The van der Waals surface area contributed by atoms with Crippen LogP contribution in [0.2, 0.25) is 0 Å². The number of fused-ring (bicyclic) bond motifs is 1. The Morgan fingerprint density at radius 1 is 0.821 bits per heavy atom. The van der Waals surface area contributed by atoms with Gasteiger partial charge in [-0.3, -0.25) is 0 Å². The van der Waals surface area contributed by atoms with Crippen molar-refractivity contribution in [2.75, 3.05) is 0 Å². The van der Waals surface area contributed by atoms with Gasteiger partial charge < -0.3 is 24.1 Å². The topological polar surface area (TPSA) is 67.8 Å². The second kappa shape index (κ2) is 14.3. The van der Waals surface area contributed by atoms with Crippen LogP contribution in [0.1, 0.15) is 34.2 Å². The fraction of sp³-hybridized carbons (Fsp3) is 0.242. The SMILES string of the molecule is O=C([O-])C(Cc1ccc2c(c1)CCC(Cc1ccc(OCc3ccccc3)cc1)O2)OCc1ccccc1.[Na+]. The molecule has 0 bridgehead atoms. The van der Waals surface area contributed by atoms with Crippen molar-refractivity contribution in [1.29, 1.82) is 0 Å². The van der Waals surface area contributed by atoms with E-state index in [1.165, 1.54) is 5.56 Å². The molecule has 0 amide bonds. The Balaban J connectivity index is 0.00000353. The van der Waals surface area contributed by atoms with Crippen molar-refractivity contribution in [3.63, 3.8) is 0 Å². The molecule has 0 saturated heterocycles. The molecule has 1 aliphatic rings. The average molecular weight is 531 g/mol. The van der Waals surface area contributed by atoms with Crippen molar-refractivity contribution in [1.82, 2.24) is 0 Å². The zero-order valence-corrected chi connectivity index (χ0v) is 24.3. The van der Waals surface area contributed by atoms with Crippen LogP contribution in [0.5, 0.6) is 11.5 Å². The molecular formula is C33H31NaO5. The number of rotatable bonds is 11. The maximum absolute atomic E-state index is 11.7. The number of aliphatic carboxylic acids is 1. The number of aryl methyl sites for hydroxylation is 1. The van der Waals surface area contributed by atoms with Crippen molar-refractivity contribution in [2.24, 2.45) is 0 Å². The number of carbonyl (C=O) groups is 1. The third-order valence-electron chi connectivity index (χ3n) is 6.77. The van der Waals surface area contributed by atoms with E-state index in [1.807, 2.05) is 78.9 Å². The van der Waals surface area contributed by atoms with Crippen molar-refractivity contribution in [3.8, 4) is 11.5 Å². The molecule has 0 aromatic heterocycles. The summed E-state index contributed by atoms with van der Waals surface area (Å²) in [7, 11) is 0. The van der Waals surface area contributed by atoms with Crippen LogP contribution >= 0.6 is 0 Å². The van der Waals surface area contributed by atoms with Gasteiger partial charge in [-0.1, -0.05) is 84.9 Å². The first-order chi connectivity index (χ1) is 18.6. The van der Waals surface area contributed by atoms with Gasteiger partial charge in [-0.05, 0) is 58.9 Å². The summed E-state index contributed by atoms with van der Waals surface area (Å²) in [5.74, 6) is 0.511. The van der Waals surface area contributed by atoms with Gasteiger partial charge in [-0.2, -0.15) is 0 Å². The van der Waals surface area contributed by atoms with Gasteiger partial charge in [0.25, 0.3) is 0 Å². The Bertz CT molecular complexity index is 1330. The van der Waals surface area contributed by atoms with Crippen LogP contribution in [0.4, 0.5) is 0 Å². The van der Waals surface area contributed by atoms with E-state index in [0.29, 0.717) is 6.61 Å². The van der Waals surface area contributed by atoms with E-state index < -0.39 is 12.1 Å². The molecule has 2 unspecified atom stereocenters. The fourth-order valence-corrected chi connectivity index (χ4v) is 4.69. The largest absolute Gasteiger partial charge is 1.00 e. The molecule has 194 valence electrons. The van der Waals surface area contributed by atoms with E-state index >= 15 is 0 Å². The first-order valence-corrected chi connectivity index (χ1v) is 13.0. The Morgan fingerprint density at radius 3 is 2.13 bits per heavy atom. The predicted molar refractivity (Wildman–Crippen MR) is 144 cm³/mol. The Morgan fingerprint density at radius 2 is 1.46 bits per heavy atom. The molecule has 39 heavy (non-hydrogen) atoms. The van der Waals surface area contributed by atoms with E-state index in [-0.39, 0.29) is 48.7 Å². The molecular weight excluding hydrogens is 499 g/mol. The Hall–Kier alpha value is -3.09. The fourth-order valence-electron chi connectivity index (χ4n) is 4.69. The summed E-state index contributed by atoms with van der Waals surface area (Å²) in [6.45, 7) is 0.781. The van der Waals surface area contributed by atoms with Gasteiger partial charge in [0.05, 0.1) is 12.6 Å². The molecule has 0 saturated carbocycles. The minimum atomic E-state index is -1.20. The summed E-state index contributed by atoms with van der Waals surface area (Å²) >= 11 is 0. The molecule has 0 N–H and O–H groups in total. The summed E-state index contributed by atoms with van der Waals surface area (Å²) in [5, 5.41) is 11.7. The van der Waals surface area contributed by atoms with Gasteiger partial charge in [0.1, 0.15) is 30.3 Å². The normalized spacial score (nSPS) is 14.8. The summed E-state index contributed by atoms with van der Waals surface area (Å²) in [4.78, 5) is 11.7. The first-order valence-electron chi connectivity index (χ1n) is 13.0. The third-order valence-corrected chi connectivity index (χ3v) is 6.77. The average Bonchev–Trinajstić information content (AvgIpc) is 2.96. The number of carbonyl (C=O) groups excluding carboxylic acids is 1. The molecule has 1 aliphatic heterocycles. The van der Waals surface area contributed by atoms with E-state index in [9.17, 15) is 9.90 Å². The van der Waals surface area contributed by atoms with E-state index in [4.69, 9.17) is 14.2 Å². The predicted octanol–water partition coefficient (Wildman–Crippen LogP) is 2.08.